The number of hydrogen-bond donors (Lipinski definition) is 1. The summed E-state index contributed by atoms with van der Waals surface area (Å²) in [7, 11) is -2.29. The van der Waals surface area contributed by atoms with E-state index in [1.54, 1.807) is 24.3 Å². The second-order valence-corrected chi connectivity index (χ2v) is 9.17. The third-order valence-electron chi connectivity index (χ3n) is 4.73. The van der Waals surface area contributed by atoms with Gasteiger partial charge in [0.1, 0.15) is 0 Å². The first-order valence-corrected chi connectivity index (χ1v) is 11.4. The van der Waals surface area contributed by atoms with Gasteiger partial charge in [0, 0.05) is 13.6 Å². The molecular formula is C23H23ClN2O3S. The van der Waals surface area contributed by atoms with Gasteiger partial charge in [-0.15, -0.1) is 0 Å². The van der Waals surface area contributed by atoms with E-state index in [-0.39, 0.29) is 21.4 Å². The molecule has 0 saturated carbocycles. The van der Waals surface area contributed by atoms with Crippen molar-refractivity contribution in [2.75, 3.05) is 17.9 Å². The second kappa shape index (κ2) is 9.78. The summed E-state index contributed by atoms with van der Waals surface area (Å²) in [5.74, 6) is -0.333. The smallest absolute Gasteiger partial charge is 0.264 e. The molecule has 156 valence electrons. The maximum Gasteiger partial charge on any atom is 0.264 e. The molecule has 3 aromatic rings. The molecule has 0 aliphatic heterocycles. The molecule has 3 rings (SSSR count). The molecule has 0 aromatic heterocycles. The van der Waals surface area contributed by atoms with Crippen molar-refractivity contribution in [3.05, 3.63) is 95.0 Å². The van der Waals surface area contributed by atoms with Crippen molar-refractivity contribution in [1.29, 1.82) is 0 Å². The van der Waals surface area contributed by atoms with Crippen molar-refractivity contribution in [2.24, 2.45) is 0 Å². The molecule has 1 amide bonds. The number of benzene rings is 3. The molecule has 0 heterocycles. The molecule has 30 heavy (non-hydrogen) atoms. The number of amides is 1. The van der Waals surface area contributed by atoms with Crippen molar-refractivity contribution < 1.29 is 13.2 Å². The van der Waals surface area contributed by atoms with Gasteiger partial charge in [0.05, 0.1) is 21.2 Å². The topological polar surface area (TPSA) is 66.5 Å². The standard InChI is InChI=1S/C23H23ClN2O3S/c1-26(30(28,29)20-12-6-3-7-13-20)19-14-15-22(24)21(17-19)23(27)25-16-8-11-18-9-4-2-5-10-18/h2-7,9-10,12-15,17H,8,11,16H2,1H3,(H,25,27). The zero-order valence-electron chi connectivity index (χ0n) is 16.6. The van der Waals surface area contributed by atoms with Gasteiger partial charge in [0.25, 0.3) is 15.9 Å². The van der Waals surface area contributed by atoms with Gasteiger partial charge in [-0.3, -0.25) is 9.10 Å². The lowest BCUT2D eigenvalue weighted by molar-refractivity contribution is 0.0953. The molecule has 0 bridgehead atoms. The second-order valence-electron chi connectivity index (χ2n) is 6.79. The van der Waals surface area contributed by atoms with E-state index in [0.717, 1.165) is 17.1 Å². The van der Waals surface area contributed by atoms with Gasteiger partial charge in [0.15, 0.2) is 0 Å². The molecule has 1 N–H and O–H groups in total. The van der Waals surface area contributed by atoms with Crippen LogP contribution in [0.3, 0.4) is 0 Å². The van der Waals surface area contributed by atoms with Crippen molar-refractivity contribution >= 4 is 33.2 Å². The van der Waals surface area contributed by atoms with Crippen LogP contribution in [0.1, 0.15) is 22.3 Å². The van der Waals surface area contributed by atoms with Crippen LogP contribution in [0, 0.1) is 0 Å². The fraction of sp³-hybridized carbons (Fsp3) is 0.174. The molecule has 0 aliphatic carbocycles. The number of halogens is 1. The highest BCUT2D eigenvalue weighted by Crippen LogP contribution is 2.26. The monoisotopic (exact) mass is 442 g/mol. The minimum Gasteiger partial charge on any atom is -0.352 e. The maximum atomic E-state index is 12.8. The zero-order chi connectivity index (χ0) is 21.6. The van der Waals surface area contributed by atoms with E-state index in [0.29, 0.717) is 12.2 Å². The van der Waals surface area contributed by atoms with E-state index in [9.17, 15) is 13.2 Å². The van der Waals surface area contributed by atoms with Crippen LogP contribution in [0.15, 0.2) is 83.8 Å². The summed E-state index contributed by atoms with van der Waals surface area (Å²) in [5.41, 5.74) is 1.81. The summed E-state index contributed by atoms with van der Waals surface area (Å²) in [6.45, 7) is 0.492. The van der Waals surface area contributed by atoms with Crippen molar-refractivity contribution in [2.45, 2.75) is 17.7 Å². The predicted octanol–water partition coefficient (Wildman–Crippen LogP) is 4.53. The van der Waals surface area contributed by atoms with Crippen LogP contribution in [-0.4, -0.2) is 27.9 Å². The highest BCUT2D eigenvalue weighted by molar-refractivity contribution is 7.92. The molecule has 0 unspecified atom stereocenters. The molecule has 7 heteroatoms. The molecule has 0 fully saturated rings. The van der Waals surface area contributed by atoms with E-state index in [4.69, 9.17) is 11.6 Å². The van der Waals surface area contributed by atoms with Gasteiger partial charge in [0.2, 0.25) is 0 Å². The fourth-order valence-electron chi connectivity index (χ4n) is 3.01. The summed E-state index contributed by atoms with van der Waals surface area (Å²) in [4.78, 5) is 12.8. The lowest BCUT2D eigenvalue weighted by Gasteiger charge is -2.20. The molecule has 0 radical (unpaired) electrons. The summed E-state index contributed by atoms with van der Waals surface area (Å²) >= 11 is 6.21. The van der Waals surface area contributed by atoms with Crippen molar-refractivity contribution in [3.8, 4) is 0 Å². The van der Waals surface area contributed by atoms with Crippen molar-refractivity contribution in [3.63, 3.8) is 0 Å². The van der Waals surface area contributed by atoms with Gasteiger partial charge >= 0.3 is 0 Å². The van der Waals surface area contributed by atoms with Crippen LogP contribution in [0.25, 0.3) is 0 Å². The first-order valence-electron chi connectivity index (χ1n) is 9.55. The third-order valence-corrected chi connectivity index (χ3v) is 6.86. The summed E-state index contributed by atoms with van der Waals surface area (Å²) in [5, 5.41) is 3.12. The summed E-state index contributed by atoms with van der Waals surface area (Å²) in [6, 6.07) is 22.8. The van der Waals surface area contributed by atoms with Crippen molar-refractivity contribution in [1.82, 2.24) is 5.32 Å². The van der Waals surface area contributed by atoms with E-state index in [1.165, 1.54) is 36.9 Å². The molecular weight excluding hydrogens is 420 g/mol. The first kappa shape index (κ1) is 21.9. The number of sulfonamides is 1. The van der Waals surface area contributed by atoms with Gasteiger partial charge in [-0.25, -0.2) is 8.42 Å². The number of hydrogen-bond acceptors (Lipinski definition) is 3. The molecule has 0 spiro atoms. The van der Waals surface area contributed by atoms with E-state index in [1.807, 2.05) is 30.3 Å². The van der Waals surface area contributed by atoms with Gasteiger partial charge in [-0.2, -0.15) is 0 Å². The number of rotatable bonds is 8. The van der Waals surface area contributed by atoms with Crippen LogP contribution in [-0.2, 0) is 16.4 Å². The highest BCUT2D eigenvalue weighted by Gasteiger charge is 2.22. The number of nitrogens with one attached hydrogen (secondary N) is 1. The minimum atomic E-state index is -3.74. The molecule has 5 nitrogen and oxygen atoms in total. The zero-order valence-corrected chi connectivity index (χ0v) is 18.2. The Morgan fingerprint density at radius 1 is 0.967 bits per heavy atom. The van der Waals surface area contributed by atoms with E-state index >= 15 is 0 Å². The van der Waals surface area contributed by atoms with Gasteiger partial charge in [-0.05, 0) is 48.7 Å². The minimum absolute atomic E-state index is 0.175. The number of aryl methyl sites for hydroxylation is 1. The Morgan fingerprint density at radius 3 is 2.27 bits per heavy atom. The fourth-order valence-corrected chi connectivity index (χ4v) is 4.42. The van der Waals surface area contributed by atoms with E-state index < -0.39 is 10.0 Å². The Morgan fingerprint density at radius 2 is 1.60 bits per heavy atom. The first-order chi connectivity index (χ1) is 14.4. The Kier molecular flexibility index (Phi) is 7.13. The van der Waals surface area contributed by atoms with Crippen LogP contribution < -0.4 is 9.62 Å². The SMILES string of the molecule is CN(c1ccc(Cl)c(C(=O)NCCCc2ccccc2)c1)S(=O)(=O)c1ccccc1. The van der Waals surface area contributed by atoms with Gasteiger partial charge in [-0.1, -0.05) is 60.1 Å². The maximum absolute atomic E-state index is 12.8. The average molecular weight is 443 g/mol. The Hall–Kier alpha value is -2.83. The average Bonchev–Trinajstić information content (AvgIpc) is 2.77. The largest absolute Gasteiger partial charge is 0.352 e. The van der Waals surface area contributed by atoms with Crippen LogP contribution >= 0.6 is 11.6 Å². The highest BCUT2D eigenvalue weighted by atomic mass is 35.5. The van der Waals surface area contributed by atoms with Gasteiger partial charge < -0.3 is 5.32 Å². The van der Waals surface area contributed by atoms with E-state index in [2.05, 4.69) is 5.32 Å². The summed E-state index contributed by atoms with van der Waals surface area (Å²) < 4.78 is 26.8. The molecule has 0 saturated heterocycles. The molecule has 0 aliphatic rings. The number of carbonyl (C=O) groups excluding carboxylic acids is 1. The van der Waals surface area contributed by atoms with Crippen LogP contribution in [0.4, 0.5) is 5.69 Å². The number of carbonyl (C=O) groups is 1. The summed E-state index contributed by atoms with van der Waals surface area (Å²) in [6.07, 6.45) is 1.64. The predicted molar refractivity (Wildman–Crippen MR) is 121 cm³/mol. The number of nitrogens with zero attached hydrogens (tertiary/aromatic N) is 1. The Bertz CT molecular complexity index is 1100. The number of anilines is 1. The van der Waals surface area contributed by atoms with Crippen LogP contribution in [0.5, 0.6) is 0 Å². The van der Waals surface area contributed by atoms with Crippen LogP contribution in [0.2, 0.25) is 5.02 Å². The Labute approximate surface area is 182 Å². The lowest BCUT2D eigenvalue weighted by Crippen LogP contribution is -2.28. The lowest BCUT2D eigenvalue weighted by atomic mass is 10.1. The third kappa shape index (κ3) is 5.20. The molecule has 3 aromatic carbocycles. The normalized spacial score (nSPS) is 11.1. The Balaban J connectivity index is 1.69. The quantitative estimate of drug-likeness (QED) is 0.521. The molecule has 0 atom stereocenters.